The molecule has 0 bridgehead atoms. The number of amides is 1. The van der Waals surface area contributed by atoms with E-state index in [1.807, 2.05) is 18.2 Å². The van der Waals surface area contributed by atoms with Crippen LogP contribution in [0.2, 0.25) is 0 Å². The second kappa shape index (κ2) is 9.27. The van der Waals surface area contributed by atoms with Crippen molar-refractivity contribution in [1.29, 1.82) is 0 Å². The Morgan fingerprint density at radius 1 is 1.17 bits per heavy atom. The van der Waals surface area contributed by atoms with Gasteiger partial charge in [-0.2, -0.15) is 0 Å². The first kappa shape index (κ1) is 17.4. The lowest BCUT2D eigenvalue weighted by atomic mass is 10.2. The summed E-state index contributed by atoms with van der Waals surface area (Å²) >= 11 is 0. The second-order valence-electron chi connectivity index (χ2n) is 5.52. The normalized spacial score (nSPS) is 20.3. The Bertz CT molecular complexity index is 505. The van der Waals surface area contributed by atoms with Gasteiger partial charge in [-0.05, 0) is 31.2 Å². The number of carboxylic acids is 1. The molecule has 23 heavy (non-hydrogen) atoms. The molecule has 0 radical (unpaired) electrons. The highest BCUT2D eigenvalue weighted by molar-refractivity contribution is 5.82. The summed E-state index contributed by atoms with van der Waals surface area (Å²) in [5, 5.41) is 11.6. The van der Waals surface area contributed by atoms with Gasteiger partial charge in [-0.15, -0.1) is 0 Å². The average molecular weight is 321 g/mol. The molecule has 2 rings (SSSR count). The van der Waals surface area contributed by atoms with Crippen molar-refractivity contribution in [3.05, 3.63) is 35.9 Å². The Kier molecular flexibility index (Phi) is 7.03. The third-order valence-electron chi connectivity index (χ3n) is 3.73. The minimum absolute atomic E-state index is 0.238. The van der Waals surface area contributed by atoms with Crippen LogP contribution in [0.5, 0.6) is 0 Å². The molecule has 126 valence electrons. The zero-order valence-corrected chi connectivity index (χ0v) is 13.1. The van der Waals surface area contributed by atoms with Gasteiger partial charge in [0.05, 0.1) is 6.61 Å². The zero-order valence-electron chi connectivity index (χ0n) is 13.1. The second-order valence-corrected chi connectivity index (χ2v) is 5.52. The first-order valence-electron chi connectivity index (χ1n) is 7.94. The molecule has 0 saturated carbocycles. The number of hydrogen-bond acceptors (Lipinski definition) is 4. The fourth-order valence-corrected chi connectivity index (χ4v) is 2.45. The lowest BCUT2D eigenvalue weighted by molar-refractivity contribution is -0.151. The first-order chi connectivity index (χ1) is 11.2. The Balaban J connectivity index is 1.49. The summed E-state index contributed by atoms with van der Waals surface area (Å²) in [4.78, 5) is 22.6. The molecule has 1 aliphatic rings. The molecule has 1 saturated heterocycles. The van der Waals surface area contributed by atoms with E-state index in [9.17, 15) is 9.59 Å². The van der Waals surface area contributed by atoms with Crippen molar-refractivity contribution in [2.75, 3.05) is 19.8 Å². The number of ether oxygens (including phenoxy) is 2. The van der Waals surface area contributed by atoms with Crippen LogP contribution < -0.4 is 5.32 Å². The molecular formula is C17H23NO5. The van der Waals surface area contributed by atoms with E-state index in [2.05, 4.69) is 17.4 Å². The van der Waals surface area contributed by atoms with E-state index >= 15 is 0 Å². The highest BCUT2D eigenvalue weighted by Crippen LogP contribution is 2.19. The fourth-order valence-electron chi connectivity index (χ4n) is 2.45. The summed E-state index contributed by atoms with van der Waals surface area (Å²) in [6.45, 7) is 1.74. The van der Waals surface area contributed by atoms with Gasteiger partial charge in [0.25, 0.3) is 0 Å². The molecule has 1 heterocycles. The molecular weight excluding hydrogens is 298 g/mol. The summed E-state index contributed by atoms with van der Waals surface area (Å²) in [6, 6.07) is 10.1. The van der Waals surface area contributed by atoms with Crippen LogP contribution in [0.25, 0.3) is 0 Å². The topological polar surface area (TPSA) is 84.9 Å². The van der Waals surface area contributed by atoms with E-state index in [4.69, 9.17) is 14.6 Å². The standard InChI is InChI=1S/C17H23NO5/c19-16(14-7-8-15(23-14)17(20)21)18-10-4-11-22-12-9-13-5-2-1-3-6-13/h1-3,5-6,14-15H,4,7-12H2,(H,18,19)(H,20,21)/t14-,15+/m0/s1. The van der Waals surface area contributed by atoms with Gasteiger partial charge in [-0.1, -0.05) is 30.3 Å². The maximum absolute atomic E-state index is 11.8. The smallest absolute Gasteiger partial charge is 0.332 e. The van der Waals surface area contributed by atoms with Crippen molar-refractivity contribution < 1.29 is 24.2 Å². The summed E-state index contributed by atoms with van der Waals surface area (Å²) in [5.74, 6) is -1.25. The molecule has 1 aromatic rings. The largest absolute Gasteiger partial charge is 0.479 e. The van der Waals surface area contributed by atoms with Crippen LogP contribution in [0, 0.1) is 0 Å². The zero-order chi connectivity index (χ0) is 16.5. The molecule has 0 unspecified atom stereocenters. The fraction of sp³-hybridized carbons (Fsp3) is 0.529. The van der Waals surface area contributed by atoms with E-state index in [0.29, 0.717) is 32.6 Å². The van der Waals surface area contributed by atoms with Crippen LogP contribution >= 0.6 is 0 Å². The van der Waals surface area contributed by atoms with Crippen LogP contribution in [0.4, 0.5) is 0 Å². The van der Waals surface area contributed by atoms with Crippen molar-refractivity contribution in [3.8, 4) is 0 Å². The molecule has 1 aliphatic heterocycles. The minimum Gasteiger partial charge on any atom is -0.479 e. The van der Waals surface area contributed by atoms with E-state index in [1.165, 1.54) is 5.56 Å². The Hall–Kier alpha value is -1.92. The molecule has 1 amide bonds. The van der Waals surface area contributed by atoms with E-state index < -0.39 is 18.2 Å². The summed E-state index contributed by atoms with van der Waals surface area (Å²) < 4.78 is 10.7. The Morgan fingerprint density at radius 2 is 1.91 bits per heavy atom. The van der Waals surface area contributed by atoms with Crippen molar-refractivity contribution in [1.82, 2.24) is 5.32 Å². The number of rotatable bonds is 9. The van der Waals surface area contributed by atoms with Gasteiger partial charge >= 0.3 is 5.97 Å². The molecule has 2 atom stereocenters. The number of carbonyl (C=O) groups excluding carboxylic acids is 1. The quantitative estimate of drug-likeness (QED) is 0.671. The van der Waals surface area contributed by atoms with Crippen LogP contribution in [0.3, 0.4) is 0 Å². The van der Waals surface area contributed by atoms with E-state index in [-0.39, 0.29) is 5.91 Å². The SMILES string of the molecule is O=C(NCCCOCCc1ccccc1)[C@@H]1CC[C@H](C(=O)O)O1. The molecule has 2 N–H and O–H groups in total. The van der Waals surface area contributed by atoms with E-state index in [0.717, 1.165) is 12.8 Å². The summed E-state index contributed by atoms with van der Waals surface area (Å²) in [5.41, 5.74) is 1.24. The number of carboxylic acid groups (broad SMARTS) is 1. The molecule has 1 aromatic carbocycles. The highest BCUT2D eigenvalue weighted by Gasteiger charge is 2.34. The van der Waals surface area contributed by atoms with Gasteiger partial charge in [-0.3, -0.25) is 4.79 Å². The van der Waals surface area contributed by atoms with E-state index in [1.54, 1.807) is 0 Å². The Labute approximate surface area is 135 Å². The number of benzene rings is 1. The van der Waals surface area contributed by atoms with Gasteiger partial charge in [0.2, 0.25) is 5.91 Å². The number of carbonyl (C=O) groups is 2. The monoisotopic (exact) mass is 321 g/mol. The molecule has 0 aromatic heterocycles. The van der Waals surface area contributed by atoms with Gasteiger partial charge in [-0.25, -0.2) is 4.79 Å². The van der Waals surface area contributed by atoms with Crippen LogP contribution in [0.1, 0.15) is 24.8 Å². The van der Waals surface area contributed by atoms with Crippen molar-refractivity contribution >= 4 is 11.9 Å². The lowest BCUT2D eigenvalue weighted by Crippen LogP contribution is -2.36. The highest BCUT2D eigenvalue weighted by atomic mass is 16.5. The minimum atomic E-state index is -1.01. The average Bonchev–Trinajstić information content (AvgIpc) is 3.05. The Morgan fingerprint density at radius 3 is 2.61 bits per heavy atom. The van der Waals surface area contributed by atoms with Crippen LogP contribution in [-0.4, -0.2) is 48.9 Å². The predicted octanol–water partition coefficient (Wildman–Crippen LogP) is 1.38. The molecule has 6 nitrogen and oxygen atoms in total. The molecule has 1 fully saturated rings. The summed E-state index contributed by atoms with van der Waals surface area (Å²) in [6.07, 6.45) is 0.934. The maximum atomic E-state index is 11.8. The molecule has 0 spiro atoms. The summed E-state index contributed by atoms with van der Waals surface area (Å²) in [7, 11) is 0. The molecule has 0 aliphatic carbocycles. The van der Waals surface area contributed by atoms with Crippen molar-refractivity contribution in [3.63, 3.8) is 0 Å². The van der Waals surface area contributed by atoms with Crippen LogP contribution in [0.15, 0.2) is 30.3 Å². The first-order valence-corrected chi connectivity index (χ1v) is 7.94. The number of nitrogens with one attached hydrogen (secondary N) is 1. The van der Waals surface area contributed by atoms with Gasteiger partial charge < -0.3 is 19.9 Å². The van der Waals surface area contributed by atoms with Crippen LogP contribution in [-0.2, 0) is 25.5 Å². The van der Waals surface area contributed by atoms with Crippen molar-refractivity contribution in [2.45, 2.75) is 37.9 Å². The number of aliphatic carboxylic acids is 1. The van der Waals surface area contributed by atoms with Gasteiger partial charge in [0, 0.05) is 13.2 Å². The maximum Gasteiger partial charge on any atom is 0.332 e. The predicted molar refractivity (Wildman–Crippen MR) is 84.1 cm³/mol. The van der Waals surface area contributed by atoms with Crippen molar-refractivity contribution in [2.24, 2.45) is 0 Å². The third-order valence-corrected chi connectivity index (χ3v) is 3.73. The third kappa shape index (κ3) is 6.00. The lowest BCUT2D eigenvalue weighted by Gasteiger charge is -2.11. The van der Waals surface area contributed by atoms with Gasteiger partial charge in [0.1, 0.15) is 6.10 Å². The van der Waals surface area contributed by atoms with Gasteiger partial charge in [0.15, 0.2) is 6.10 Å². The number of hydrogen-bond donors (Lipinski definition) is 2. The molecule has 6 heteroatoms.